The molecule has 0 bridgehead atoms. The molecular formula is C19H19N3O2. The first kappa shape index (κ1) is 15.8. The van der Waals surface area contributed by atoms with Crippen LogP contribution in [0.4, 0.5) is 0 Å². The van der Waals surface area contributed by atoms with Crippen molar-refractivity contribution in [3.63, 3.8) is 0 Å². The highest BCUT2D eigenvalue weighted by Crippen LogP contribution is 2.16. The molecule has 1 amide bonds. The Balaban J connectivity index is 1.61. The van der Waals surface area contributed by atoms with E-state index in [1.165, 1.54) is 0 Å². The molecule has 2 aromatic carbocycles. The molecule has 5 nitrogen and oxygen atoms in total. The van der Waals surface area contributed by atoms with Gasteiger partial charge in [0.15, 0.2) is 6.61 Å². The molecule has 0 radical (unpaired) electrons. The zero-order valence-corrected chi connectivity index (χ0v) is 13.5. The van der Waals surface area contributed by atoms with E-state index in [0.29, 0.717) is 12.3 Å². The van der Waals surface area contributed by atoms with E-state index in [2.05, 4.69) is 10.3 Å². The number of hydrogen-bond acceptors (Lipinski definition) is 3. The molecule has 1 aromatic heterocycles. The van der Waals surface area contributed by atoms with E-state index >= 15 is 0 Å². The van der Waals surface area contributed by atoms with Crippen LogP contribution in [0.1, 0.15) is 11.4 Å². The van der Waals surface area contributed by atoms with Gasteiger partial charge in [0.1, 0.15) is 11.6 Å². The number of carbonyl (C=O) groups excluding carboxylic acids is 1. The number of nitrogens with one attached hydrogen (secondary N) is 1. The summed E-state index contributed by atoms with van der Waals surface area (Å²) in [6.07, 6.45) is 3.67. The number of para-hydroxylation sites is 2. The number of amides is 1. The zero-order chi connectivity index (χ0) is 16.8. The second kappa shape index (κ2) is 7.46. The zero-order valence-electron chi connectivity index (χ0n) is 13.5. The maximum atomic E-state index is 12.0. The summed E-state index contributed by atoms with van der Waals surface area (Å²) in [6, 6.07) is 17.2. The quantitative estimate of drug-likeness (QED) is 0.759. The molecule has 0 saturated heterocycles. The van der Waals surface area contributed by atoms with Crippen LogP contribution in [0.25, 0.3) is 5.69 Å². The molecule has 0 aliphatic heterocycles. The van der Waals surface area contributed by atoms with E-state index in [0.717, 1.165) is 17.1 Å². The molecule has 0 unspecified atom stereocenters. The van der Waals surface area contributed by atoms with Crippen molar-refractivity contribution >= 4 is 5.91 Å². The standard InChI is InChI=1S/C19H19N3O2/c1-15-20-11-12-22(15)18-10-6-5-7-16(18)13-21-19(23)14-24-17-8-3-2-4-9-17/h2-12H,13-14H2,1H3,(H,21,23). The Morgan fingerprint density at radius 1 is 1.12 bits per heavy atom. The second-order valence-corrected chi connectivity index (χ2v) is 5.35. The van der Waals surface area contributed by atoms with Gasteiger partial charge < -0.3 is 14.6 Å². The molecule has 0 aliphatic carbocycles. The Labute approximate surface area is 140 Å². The van der Waals surface area contributed by atoms with Crippen molar-refractivity contribution in [1.29, 1.82) is 0 Å². The SMILES string of the molecule is Cc1nccn1-c1ccccc1CNC(=O)COc1ccccc1. The summed E-state index contributed by atoms with van der Waals surface area (Å²) in [6.45, 7) is 2.38. The number of aromatic nitrogens is 2. The number of hydrogen-bond donors (Lipinski definition) is 1. The van der Waals surface area contributed by atoms with Gasteiger partial charge in [0.2, 0.25) is 0 Å². The van der Waals surface area contributed by atoms with Crippen molar-refractivity contribution in [3.8, 4) is 11.4 Å². The summed E-state index contributed by atoms with van der Waals surface area (Å²) in [4.78, 5) is 16.2. The van der Waals surface area contributed by atoms with E-state index in [-0.39, 0.29) is 12.5 Å². The van der Waals surface area contributed by atoms with E-state index in [9.17, 15) is 4.79 Å². The predicted molar refractivity (Wildman–Crippen MR) is 92.1 cm³/mol. The monoisotopic (exact) mass is 321 g/mol. The molecule has 1 heterocycles. The van der Waals surface area contributed by atoms with Gasteiger partial charge in [-0.05, 0) is 30.7 Å². The van der Waals surface area contributed by atoms with Crippen molar-refractivity contribution in [1.82, 2.24) is 14.9 Å². The summed E-state index contributed by atoms with van der Waals surface area (Å²) in [5.41, 5.74) is 2.03. The van der Waals surface area contributed by atoms with Gasteiger partial charge in [0.25, 0.3) is 5.91 Å². The minimum atomic E-state index is -0.156. The topological polar surface area (TPSA) is 56.2 Å². The highest BCUT2D eigenvalue weighted by molar-refractivity contribution is 5.77. The third-order valence-electron chi connectivity index (χ3n) is 3.67. The molecule has 0 aliphatic rings. The first-order chi connectivity index (χ1) is 11.7. The van der Waals surface area contributed by atoms with Crippen LogP contribution in [0.3, 0.4) is 0 Å². The van der Waals surface area contributed by atoms with Crippen LogP contribution in [-0.4, -0.2) is 22.1 Å². The molecule has 0 atom stereocenters. The molecule has 3 rings (SSSR count). The van der Waals surface area contributed by atoms with Crippen LogP contribution in [-0.2, 0) is 11.3 Å². The van der Waals surface area contributed by atoms with Gasteiger partial charge in [-0.15, -0.1) is 0 Å². The number of carbonyl (C=O) groups is 1. The number of benzene rings is 2. The van der Waals surface area contributed by atoms with Crippen molar-refractivity contribution < 1.29 is 9.53 Å². The fraction of sp³-hybridized carbons (Fsp3) is 0.158. The van der Waals surface area contributed by atoms with Gasteiger partial charge in [0.05, 0.1) is 5.69 Å². The average Bonchev–Trinajstić information content (AvgIpc) is 3.05. The van der Waals surface area contributed by atoms with Gasteiger partial charge in [-0.3, -0.25) is 4.79 Å². The molecule has 0 saturated carbocycles. The Bertz CT molecular complexity index is 812. The van der Waals surface area contributed by atoms with Crippen LogP contribution < -0.4 is 10.1 Å². The Hall–Kier alpha value is -3.08. The largest absolute Gasteiger partial charge is 0.484 e. The Morgan fingerprint density at radius 3 is 2.62 bits per heavy atom. The Morgan fingerprint density at radius 2 is 1.88 bits per heavy atom. The average molecular weight is 321 g/mol. The summed E-state index contributed by atoms with van der Waals surface area (Å²) >= 11 is 0. The predicted octanol–water partition coefficient (Wildman–Crippen LogP) is 2.88. The van der Waals surface area contributed by atoms with Crippen molar-refractivity contribution in [3.05, 3.63) is 78.4 Å². The van der Waals surface area contributed by atoms with Crippen LogP contribution in [0.5, 0.6) is 5.75 Å². The summed E-state index contributed by atoms with van der Waals surface area (Å²) in [5, 5.41) is 2.89. The molecule has 0 fully saturated rings. The third-order valence-corrected chi connectivity index (χ3v) is 3.67. The molecule has 5 heteroatoms. The van der Waals surface area contributed by atoms with Gasteiger partial charge in [-0.25, -0.2) is 4.98 Å². The third kappa shape index (κ3) is 3.81. The van der Waals surface area contributed by atoms with E-state index in [1.807, 2.05) is 72.3 Å². The molecule has 24 heavy (non-hydrogen) atoms. The molecule has 1 N–H and O–H groups in total. The minimum Gasteiger partial charge on any atom is -0.484 e. The first-order valence-corrected chi connectivity index (χ1v) is 7.77. The van der Waals surface area contributed by atoms with Crippen LogP contribution in [0.15, 0.2) is 67.0 Å². The smallest absolute Gasteiger partial charge is 0.258 e. The lowest BCUT2D eigenvalue weighted by Crippen LogP contribution is -2.28. The first-order valence-electron chi connectivity index (χ1n) is 7.77. The van der Waals surface area contributed by atoms with Gasteiger partial charge in [-0.2, -0.15) is 0 Å². The van der Waals surface area contributed by atoms with Crippen molar-refractivity contribution in [2.75, 3.05) is 6.61 Å². The number of nitrogens with zero attached hydrogens (tertiary/aromatic N) is 2. The maximum absolute atomic E-state index is 12.0. The van der Waals surface area contributed by atoms with E-state index in [4.69, 9.17) is 4.74 Å². The normalized spacial score (nSPS) is 10.4. The lowest BCUT2D eigenvalue weighted by Gasteiger charge is -2.13. The number of aryl methyl sites for hydroxylation is 1. The second-order valence-electron chi connectivity index (χ2n) is 5.35. The summed E-state index contributed by atoms with van der Waals surface area (Å²) in [7, 11) is 0. The summed E-state index contributed by atoms with van der Waals surface area (Å²) < 4.78 is 7.45. The molecule has 122 valence electrons. The molecule has 0 spiro atoms. The lowest BCUT2D eigenvalue weighted by molar-refractivity contribution is -0.123. The highest BCUT2D eigenvalue weighted by atomic mass is 16.5. The van der Waals surface area contributed by atoms with Crippen LogP contribution >= 0.6 is 0 Å². The van der Waals surface area contributed by atoms with Gasteiger partial charge >= 0.3 is 0 Å². The lowest BCUT2D eigenvalue weighted by atomic mass is 10.1. The van der Waals surface area contributed by atoms with Gasteiger partial charge in [0, 0.05) is 18.9 Å². The molecular weight excluding hydrogens is 302 g/mol. The van der Waals surface area contributed by atoms with Crippen LogP contribution in [0, 0.1) is 6.92 Å². The number of imidazole rings is 1. The Kier molecular flexibility index (Phi) is 4.91. The van der Waals surface area contributed by atoms with Crippen LogP contribution in [0.2, 0.25) is 0 Å². The highest BCUT2D eigenvalue weighted by Gasteiger charge is 2.08. The molecule has 3 aromatic rings. The fourth-order valence-electron chi connectivity index (χ4n) is 2.44. The van der Waals surface area contributed by atoms with Gasteiger partial charge in [-0.1, -0.05) is 36.4 Å². The fourth-order valence-corrected chi connectivity index (χ4v) is 2.44. The number of rotatable bonds is 6. The van der Waals surface area contributed by atoms with Crippen molar-refractivity contribution in [2.45, 2.75) is 13.5 Å². The van der Waals surface area contributed by atoms with E-state index < -0.39 is 0 Å². The maximum Gasteiger partial charge on any atom is 0.258 e. The number of ether oxygens (including phenoxy) is 1. The van der Waals surface area contributed by atoms with Crippen molar-refractivity contribution in [2.24, 2.45) is 0 Å². The summed E-state index contributed by atoms with van der Waals surface area (Å²) in [5.74, 6) is 1.43. The minimum absolute atomic E-state index is 0.00369. The van der Waals surface area contributed by atoms with E-state index in [1.54, 1.807) is 6.20 Å².